The Morgan fingerprint density at radius 3 is 2.86 bits per heavy atom. The van der Waals surface area contributed by atoms with Crippen LogP contribution in [0.5, 0.6) is 0 Å². The zero-order valence-corrected chi connectivity index (χ0v) is 13.5. The number of carbonyl (C=O) groups is 1. The van der Waals surface area contributed by atoms with Crippen LogP contribution in [0.15, 0.2) is 24.3 Å². The van der Waals surface area contributed by atoms with Gasteiger partial charge in [0, 0.05) is 30.9 Å². The van der Waals surface area contributed by atoms with Crippen molar-refractivity contribution in [1.29, 1.82) is 0 Å². The topological polar surface area (TPSA) is 44.4 Å². The van der Waals surface area contributed by atoms with Gasteiger partial charge in [-0.2, -0.15) is 0 Å². The molecule has 0 fully saturated rings. The van der Waals surface area contributed by atoms with Crippen LogP contribution in [-0.2, 0) is 11.3 Å². The minimum absolute atomic E-state index is 0.105. The Balaban J connectivity index is 2.21. The lowest BCUT2D eigenvalue weighted by molar-refractivity contribution is -0.122. The average Bonchev–Trinajstić information content (AvgIpc) is 2.66. The van der Waals surface area contributed by atoms with Crippen molar-refractivity contribution in [2.24, 2.45) is 0 Å². The molecule has 116 valence electrons. The molecule has 0 aliphatic carbocycles. The summed E-state index contributed by atoms with van der Waals surface area (Å²) in [6, 6.07) is 8.76. The lowest BCUT2D eigenvalue weighted by Gasteiger charge is -2.32. The van der Waals surface area contributed by atoms with Crippen LogP contribution in [0.1, 0.15) is 39.7 Å². The number of hydrogen-bond acceptors (Lipinski definition) is 3. The Bertz CT molecular complexity index is 489. The van der Waals surface area contributed by atoms with Crippen molar-refractivity contribution >= 4 is 11.6 Å². The summed E-state index contributed by atoms with van der Waals surface area (Å²) in [5, 5.41) is 6.59. The number of hydrogen-bond donors (Lipinski definition) is 2. The van der Waals surface area contributed by atoms with Gasteiger partial charge in [-0.1, -0.05) is 25.1 Å². The first kappa shape index (κ1) is 15.8. The van der Waals surface area contributed by atoms with Crippen molar-refractivity contribution in [3.63, 3.8) is 0 Å². The molecule has 3 atom stereocenters. The molecule has 2 rings (SSSR count). The molecule has 1 aromatic rings. The van der Waals surface area contributed by atoms with Gasteiger partial charge in [-0.05, 0) is 38.8 Å². The van der Waals surface area contributed by atoms with E-state index in [0.29, 0.717) is 6.04 Å². The Labute approximate surface area is 127 Å². The standard InChI is InChI=1S/C17H27N3O/c1-5-12(2)19-17(21)14(4)20-11-13(3)18-10-15-8-6-7-9-16(15)20/h6-9,12-14,18H,5,10-11H2,1-4H3,(H,19,21). The molecular weight excluding hydrogens is 262 g/mol. The molecule has 1 aromatic carbocycles. The molecule has 0 saturated heterocycles. The van der Waals surface area contributed by atoms with Crippen LogP contribution in [0.4, 0.5) is 5.69 Å². The van der Waals surface area contributed by atoms with Gasteiger partial charge in [-0.25, -0.2) is 0 Å². The van der Waals surface area contributed by atoms with E-state index in [1.165, 1.54) is 11.3 Å². The monoisotopic (exact) mass is 289 g/mol. The van der Waals surface area contributed by atoms with E-state index < -0.39 is 0 Å². The zero-order chi connectivity index (χ0) is 15.4. The molecule has 4 nitrogen and oxygen atoms in total. The second-order valence-corrected chi connectivity index (χ2v) is 6.06. The van der Waals surface area contributed by atoms with Crippen molar-refractivity contribution in [1.82, 2.24) is 10.6 Å². The van der Waals surface area contributed by atoms with Crippen LogP contribution in [0, 0.1) is 0 Å². The molecule has 0 saturated carbocycles. The van der Waals surface area contributed by atoms with Gasteiger partial charge in [0.1, 0.15) is 6.04 Å². The van der Waals surface area contributed by atoms with E-state index in [-0.39, 0.29) is 18.0 Å². The highest BCUT2D eigenvalue weighted by Gasteiger charge is 2.27. The lowest BCUT2D eigenvalue weighted by atomic mass is 10.1. The quantitative estimate of drug-likeness (QED) is 0.894. The Morgan fingerprint density at radius 1 is 1.43 bits per heavy atom. The van der Waals surface area contributed by atoms with Gasteiger partial charge in [0.2, 0.25) is 5.91 Å². The van der Waals surface area contributed by atoms with Crippen molar-refractivity contribution in [3.8, 4) is 0 Å². The Morgan fingerprint density at radius 2 is 2.14 bits per heavy atom. The smallest absolute Gasteiger partial charge is 0.242 e. The molecule has 4 heteroatoms. The van der Waals surface area contributed by atoms with Crippen molar-refractivity contribution in [3.05, 3.63) is 29.8 Å². The molecule has 1 aliphatic heterocycles. The molecule has 1 amide bonds. The first-order valence-corrected chi connectivity index (χ1v) is 7.91. The predicted octanol–water partition coefficient (Wildman–Crippen LogP) is 2.29. The third-order valence-electron chi connectivity index (χ3n) is 4.26. The normalized spacial score (nSPS) is 21.1. The highest BCUT2D eigenvalue weighted by atomic mass is 16.2. The Kier molecular flexibility index (Phi) is 5.23. The van der Waals surface area contributed by atoms with Crippen molar-refractivity contribution in [2.75, 3.05) is 11.4 Å². The summed E-state index contributed by atoms with van der Waals surface area (Å²) < 4.78 is 0. The highest BCUT2D eigenvalue weighted by molar-refractivity contribution is 5.85. The van der Waals surface area contributed by atoms with E-state index in [2.05, 4.69) is 47.6 Å². The van der Waals surface area contributed by atoms with Gasteiger partial charge >= 0.3 is 0 Å². The first-order valence-electron chi connectivity index (χ1n) is 7.91. The third kappa shape index (κ3) is 3.76. The number of amides is 1. The summed E-state index contributed by atoms with van der Waals surface area (Å²) in [7, 11) is 0. The maximum atomic E-state index is 12.5. The summed E-state index contributed by atoms with van der Waals surface area (Å²) in [5.41, 5.74) is 2.42. The molecule has 3 unspecified atom stereocenters. The summed E-state index contributed by atoms with van der Waals surface area (Å²) >= 11 is 0. The molecule has 0 aromatic heterocycles. The average molecular weight is 289 g/mol. The van der Waals surface area contributed by atoms with E-state index in [0.717, 1.165) is 19.5 Å². The maximum Gasteiger partial charge on any atom is 0.242 e. The first-order chi connectivity index (χ1) is 10.0. The van der Waals surface area contributed by atoms with E-state index in [1.807, 2.05) is 19.9 Å². The number of carbonyl (C=O) groups excluding carboxylic acids is 1. The van der Waals surface area contributed by atoms with E-state index in [4.69, 9.17) is 0 Å². The number of nitrogens with one attached hydrogen (secondary N) is 2. The minimum Gasteiger partial charge on any atom is -0.358 e. The fourth-order valence-electron chi connectivity index (χ4n) is 2.66. The summed E-state index contributed by atoms with van der Waals surface area (Å²) in [6.45, 7) is 9.98. The largest absolute Gasteiger partial charge is 0.358 e. The third-order valence-corrected chi connectivity index (χ3v) is 4.26. The van der Waals surface area contributed by atoms with Crippen LogP contribution >= 0.6 is 0 Å². The van der Waals surface area contributed by atoms with Crippen LogP contribution in [-0.4, -0.2) is 30.6 Å². The highest BCUT2D eigenvalue weighted by Crippen LogP contribution is 2.25. The van der Waals surface area contributed by atoms with Gasteiger partial charge < -0.3 is 15.5 Å². The van der Waals surface area contributed by atoms with Crippen LogP contribution in [0.25, 0.3) is 0 Å². The van der Waals surface area contributed by atoms with Gasteiger partial charge in [-0.15, -0.1) is 0 Å². The SMILES string of the molecule is CCC(C)NC(=O)C(C)N1CC(C)NCc2ccccc21. The fourth-order valence-corrected chi connectivity index (χ4v) is 2.66. The van der Waals surface area contributed by atoms with E-state index >= 15 is 0 Å². The molecule has 2 N–H and O–H groups in total. The van der Waals surface area contributed by atoms with Gasteiger partial charge in [0.25, 0.3) is 0 Å². The van der Waals surface area contributed by atoms with Crippen LogP contribution in [0.3, 0.4) is 0 Å². The maximum absolute atomic E-state index is 12.5. The van der Waals surface area contributed by atoms with Crippen LogP contribution < -0.4 is 15.5 Å². The summed E-state index contributed by atoms with van der Waals surface area (Å²) in [5.74, 6) is 0.105. The second kappa shape index (κ2) is 6.94. The van der Waals surface area contributed by atoms with Gasteiger partial charge in [0.15, 0.2) is 0 Å². The van der Waals surface area contributed by atoms with Gasteiger partial charge in [0.05, 0.1) is 0 Å². The minimum atomic E-state index is -0.164. The molecule has 0 spiro atoms. The molecule has 0 radical (unpaired) electrons. The summed E-state index contributed by atoms with van der Waals surface area (Å²) in [4.78, 5) is 14.7. The number of benzene rings is 1. The molecule has 0 bridgehead atoms. The summed E-state index contributed by atoms with van der Waals surface area (Å²) in [6.07, 6.45) is 0.951. The fraction of sp³-hybridized carbons (Fsp3) is 0.588. The molecule has 21 heavy (non-hydrogen) atoms. The number of anilines is 1. The van der Waals surface area contributed by atoms with Gasteiger partial charge in [-0.3, -0.25) is 4.79 Å². The van der Waals surface area contributed by atoms with E-state index in [9.17, 15) is 4.79 Å². The van der Waals surface area contributed by atoms with Crippen molar-refractivity contribution < 1.29 is 4.79 Å². The number of fused-ring (bicyclic) bond motifs is 1. The molecule has 1 aliphatic rings. The van der Waals surface area contributed by atoms with E-state index in [1.54, 1.807) is 0 Å². The second-order valence-electron chi connectivity index (χ2n) is 6.06. The van der Waals surface area contributed by atoms with Crippen molar-refractivity contribution in [2.45, 2.75) is 58.8 Å². The Hall–Kier alpha value is -1.55. The lowest BCUT2D eigenvalue weighted by Crippen LogP contribution is -2.50. The predicted molar refractivity (Wildman–Crippen MR) is 87.4 cm³/mol. The molecular formula is C17H27N3O. The number of para-hydroxylation sites is 1. The number of nitrogens with zero attached hydrogens (tertiary/aromatic N) is 1. The number of rotatable bonds is 4. The van der Waals surface area contributed by atoms with Crippen LogP contribution in [0.2, 0.25) is 0 Å². The zero-order valence-electron chi connectivity index (χ0n) is 13.5. The molecule has 1 heterocycles.